The predicted octanol–water partition coefficient (Wildman–Crippen LogP) is 3.79. The fourth-order valence-electron chi connectivity index (χ4n) is 4.43. The maximum Gasteiger partial charge on any atom is 0.295 e. The molecule has 0 aromatic heterocycles. The van der Waals surface area contributed by atoms with Crippen LogP contribution in [0, 0.1) is 0 Å². The van der Waals surface area contributed by atoms with Crippen molar-refractivity contribution in [1.82, 2.24) is 4.90 Å². The van der Waals surface area contributed by atoms with Gasteiger partial charge in [-0.25, -0.2) is 0 Å². The second-order valence-corrected chi connectivity index (χ2v) is 8.20. The summed E-state index contributed by atoms with van der Waals surface area (Å²) in [5.74, 6) is -0.905. The van der Waals surface area contributed by atoms with Gasteiger partial charge in [0.1, 0.15) is 11.5 Å². The maximum absolute atomic E-state index is 13.2. The van der Waals surface area contributed by atoms with Gasteiger partial charge in [-0.1, -0.05) is 6.07 Å². The highest BCUT2D eigenvalue weighted by molar-refractivity contribution is 6.46. The topological polar surface area (TPSA) is 106 Å². The third-order valence-electron chi connectivity index (χ3n) is 6.00. The lowest BCUT2D eigenvalue weighted by atomic mass is 9.94. The number of Topliss-reactive ketones (excluding diaryl/α,β-unsaturated/α-hetero) is 1. The number of rotatable bonds is 8. The number of aliphatic hydroxyl groups excluding tert-OH is 1. The number of aliphatic hydroxyl groups is 1. The van der Waals surface area contributed by atoms with Crippen molar-refractivity contribution >= 4 is 17.4 Å². The maximum atomic E-state index is 13.2. The summed E-state index contributed by atoms with van der Waals surface area (Å²) in [5.41, 5.74) is 0.929. The third-order valence-corrected chi connectivity index (χ3v) is 6.00. The van der Waals surface area contributed by atoms with E-state index in [1.165, 1.54) is 11.0 Å². The fraction of sp³-hybridized carbons (Fsp3) is 0.385. The Hall–Kier alpha value is -3.52. The van der Waals surface area contributed by atoms with E-state index in [2.05, 4.69) is 0 Å². The van der Waals surface area contributed by atoms with E-state index in [-0.39, 0.29) is 35.5 Å². The van der Waals surface area contributed by atoms with Gasteiger partial charge in [0.05, 0.1) is 30.9 Å². The van der Waals surface area contributed by atoms with Gasteiger partial charge >= 0.3 is 0 Å². The van der Waals surface area contributed by atoms with E-state index in [1.54, 1.807) is 43.3 Å². The van der Waals surface area contributed by atoms with Crippen LogP contribution < -0.4 is 9.47 Å². The fourth-order valence-corrected chi connectivity index (χ4v) is 4.43. The first-order chi connectivity index (χ1) is 16.4. The van der Waals surface area contributed by atoms with E-state index >= 15 is 0 Å². The molecule has 2 aliphatic heterocycles. The molecule has 34 heavy (non-hydrogen) atoms. The summed E-state index contributed by atoms with van der Waals surface area (Å²) in [6, 6.07) is 10.5. The molecule has 0 radical (unpaired) electrons. The van der Waals surface area contributed by atoms with Crippen LogP contribution in [-0.2, 0) is 14.3 Å². The molecule has 2 heterocycles. The van der Waals surface area contributed by atoms with Gasteiger partial charge < -0.3 is 29.3 Å². The molecule has 8 heteroatoms. The second-order valence-electron chi connectivity index (χ2n) is 8.20. The number of aromatic hydroxyl groups is 1. The van der Waals surface area contributed by atoms with Gasteiger partial charge in [-0.05, 0) is 68.7 Å². The minimum absolute atomic E-state index is 0.0136. The van der Waals surface area contributed by atoms with E-state index in [1.807, 2.05) is 6.92 Å². The molecule has 2 aromatic carbocycles. The molecule has 0 spiro atoms. The predicted molar refractivity (Wildman–Crippen MR) is 125 cm³/mol. The molecule has 180 valence electrons. The molecule has 2 N–H and O–H groups in total. The molecule has 2 aromatic rings. The van der Waals surface area contributed by atoms with Crippen LogP contribution >= 0.6 is 0 Å². The molecule has 2 fully saturated rings. The van der Waals surface area contributed by atoms with Crippen LogP contribution in [0.4, 0.5) is 0 Å². The Morgan fingerprint density at radius 2 is 1.82 bits per heavy atom. The lowest BCUT2D eigenvalue weighted by Crippen LogP contribution is -2.36. The van der Waals surface area contributed by atoms with E-state index in [0.29, 0.717) is 36.7 Å². The number of phenolic OH excluding ortho intramolecular Hbond substituents is 1. The van der Waals surface area contributed by atoms with E-state index in [4.69, 9.17) is 14.2 Å². The number of likely N-dealkylation sites (tertiary alicyclic amines) is 1. The van der Waals surface area contributed by atoms with Crippen LogP contribution in [0.2, 0.25) is 0 Å². The lowest BCUT2D eigenvalue weighted by molar-refractivity contribution is -0.140. The zero-order chi connectivity index (χ0) is 24.2. The van der Waals surface area contributed by atoms with Crippen LogP contribution in [-0.4, -0.2) is 59.3 Å². The summed E-state index contributed by atoms with van der Waals surface area (Å²) in [7, 11) is 0. The number of benzene rings is 2. The molecule has 1 amide bonds. The molecule has 2 atom stereocenters. The van der Waals surface area contributed by atoms with Crippen molar-refractivity contribution in [3.63, 3.8) is 0 Å². The van der Waals surface area contributed by atoms with Crippen LogP contribution in [0.25, 0.3) is 5.76 Å². The van der Waals surface area contributed by atoms with Gasteiger partial charge in [-0.2, -0.15) is 0 Å². The van der Waals surface area contributed by atoms with Crippen molar-refractivity contribution in [2.45, 2.75) is 38.8 Å². The summed E-state index contributed by atoms with van der Waals surface area (Å²) in [6.45, 7) is 5.33. The third kappa shape index (κ3) is 4.59. The number of amides is 1. The number of nitrogens with zero attached hydrogens (tertiary/aromatic N) is 1. The molecule has 8 nitrogen and oxygen atoms in total. The summed E-state index contributed by atoms with van der Waals surface area (Å²) >= 11 is 0. The molecule has 2 unspecified atom stereocenters. The lowest BCUT2D eigenvalue weighted by Gasteiger charge is -2.28. The number of carbonyl (C=O) groups is 2. The van der Waals surface area contributed by atoms with Crippen molar-refractivity contribution in [3.05, 3.63) is 59.2 Å². The van der Waals surface area contributed by atoms with Gasteiger partial charge in [-0.3, -0.25) is 9.59 Å². The molecular weight excluding hydrogens is 438 g/mol. The standard InChI is InChI=1S/C26H29NO7/c1-3-32-18-10-7-16(8-11-18)24(29)22-23(17-9-12-20(28)21(14-17)33-4-2)27(26(31)25(22)30)15-19-6-5-13-34-19/h7-12,14,19,23,28-29H,3-6,13,15H2,1-2H3/b24-22-. The van der Waals surface area contributed by atoms with E-state index < -0.39 is 17.7 Å². The summed E-state index contributed by atoms with van der Waals surface area (Å²) in [4.78, 5) is 27.7. The van der Waals surface area contributed by atoms with Crippen molar-refractivity contribution in [1.29, 1.82) is 0 Å². The average molecular weight is 468 g/mol. The van der Waals surface area contributed by atoms with Crippen LogP contribution in [0.3, 0.4) is 0 Å². The van der Waals surface area contributed by atoms with Crippen LogP contribution in [0.15, 0.2) is 48.0 Å². The Morgan fingerprint density at radius 3 is 2.47 bits per heavy atom. The number of phenols is 1. The van der Waals surface area contributed by atoms with Gasteiger partial charge in [0.2, 0.25) is 0 Å². The quantitative estimate of drug-likeness (QED) is 0.346. The first-order valence-corrected chi connectivity index (χ1v) is 11.5. The normalized spacial score (nSPS) is 21.8. The van der Waals surface area contributed by atoms with Crippen molar-refractivity contribution < 1.29 is 34.0 Å². The largest absolute Gasteiger partial charge is 0.507 e. The Labute approximate surface area is 198 Å². The van der Waals surface area contributed by atoms with E-state index in [9.17, 15) is 19.8 Å². The molecule has 0 aliphatic carbocycles. The van der Waals surface area contributed by atoms with Gasteiger partial charge in [0.25, 0.3) is 11.7 Å². The van der Waals surface area contributed by atoms with Crippen molar-refractivity contribution in [2.24, 2.45) is 0 Å². The SMILES string of the molecule is CCOc1ccc(/C(O)=C2/C(=O)C(=O)N(CC3CCCO3)C2c2ccc(O)c(OCC)c2)cc1. The highest BCUT2D eigenvalue weighted by Gasteiger charge is 2.47. The highest BCUT2D eigenvalue weighted by atomic mass is 16.5. The first kappa shape index (κ1) is 23.6. The number of hydrogen-bond acceptors (Lipinski definition) is 7. The van der Waals surface area contributed by atoms with Crippen LogP contribution in [0.1, 0.15) is 43.9 Å². The minimum Gasteiger partial charge on any atom is -0.507 e. The van der Waals surface area contributed by atoms with Gasteiger partial charge in [0, 0.05) is 18.7 Å². The summed E-state index contributed by atoms with van der Waals surface area (Å²) < 4.78 is 16.7. The van der Waals surface area contributed by atoms with Gasteiger partial charge in [0.15, 0.2) is 11.5 Å². The monoisotopic (exact) mass is 467 g/mol. The van der Waals surface area contributed by atoms with Crippen molar-refractivity contribution in [3.8, 4) is 17.2 Å². The number of ether oxygens (including phenoxy) is 3. The Kier molecular flexibility index (Phi) is 7.07. The number of hydrogen-bond donors (Lipinski definition) is 2. The number of carbonyl (C=O) groups excluding carboxylic acids is 2. The Morgan fingerprint density at radius 1 is 1.09 bits per heavy atom. The molecule has 0 saturated carbocycles. The van der Waals surface area contributed by atoms with Crippen molar-refractivity contribution in [2.75, 3.05) is 26.4 Å². The average Bonchev–Trinajstić information content (AvgIpc) is 3.43. The number of ketones is 1. The first-order valence-electron chi connectivity index (χ1n) is 11.5. The summed E-state index contributed by atoms with van der Waals surface area (Å²) in [5, 5.41) is 21.4. The zero-order valence-electron chi connectivity index (χ0n) is 19.3. The molecule has 2 aliphatic rings. The molecule has 0 bridgehead atoms. The molecule has 4 rings (SSSR count). The second kappa shape index (κ2) is 10.2. The minimum atomic E-state index is -0.851. The smallest absolute Gasteiger partial charge is 0.295 e. The highest BCUT2D eigenvalue weighted by Crippen LogP contribution is 2.42. The van der Waals surface area contributed by atoms with Crippen LogP contribution in [0.5, 0.6) is 17.2 Å². The Balaban J connectivity index is 1.81. The Bertz CT molecular complexity index is 1090. The molecule has 2 saturated heterocycles. The van der Waals surface area contributed by atoms with Gasteiger partial charge in [-0.15, -0.1) is 0 Å². The summed E-state index contributed by atoms with van der Waals surface area (Å²) in [6.07, 6.45) is 1.49. The molecular formula is C26H29NO7. The zero-order valence-corrected chi connectivity index (χ0v) is 19.3. The van der Waals surface area contributed by atoms with E-state index in [0.717, 1.165) is 12.8 Å².